The lowest BCUT2D eigenvalue weighted by Crippen LogP contribution is -2.23. The highest BCUT2D eigenvalue weighted by Gasteiger charge is 2.14. The maximum absolute atomic E-state index is 13.3. The van der Waals surface area contributed by atoms with Gasteiger partial charge in [0.2, 0.25) is 4.96 Å². The Kier molecular flexibility index (Phi) is 6.67. The van der Waals surface area contributed by atoms with Crippen molar-refractivity contribution in [2.45, 2.75) is 0 Å². The Morgan fingerprint density at radius 1 is 0.897 bits per heavy atom. The van der Waals surface area contributed by atoms with E-state index in [2.05, 4.69) is 16.7 Å². The Morgan fingerprint density at radius 3 is 2.36 bits per heavy atom. The van der Waals surface area contributed by atoms with Gasteiger partial charge in [-0.15, -0.1) is 5.10 Å². The second kappa shape index (κ2) is 10.7. The highest BCUT2D eigenvalue weighted by Crippen LogP contribution is 2.26. The molecule has 0 radical (unpaired) electrons. The molecule has 0 aliphatic heterocycles. The number of aromatic nitrogens is 5. The van der Waals surface area contributed by atoms with Gasteiger partial charge in [-0.1, -0.05) is 78.6 Å². The third kappa shape index (κ3) is 5.18. The van der Waals surface area contributed by atoms with E-state index in [4.69, 9.17) is 9.84 Å². The Labute approximate surface area is 228 Å². The second-order valence-electron chi connectivity index (χ2n) is 8.66. The zero-order chi connectivity index (χ0) is 26.6. The first kappa shape index (κ1) is 24.3. The largest absolute Gasteiger partial charge is 0.490 e. The van der Waals surface area contributed by atoms with Gasteiger partial charge in [-0.2, -0.15) is 14.6 Å². The van der Waals surface area contributed by atoms with Gasteiger partial charge in [0.15, 0.2) is 5.82 Å². The summed E-state index contributed by atoms with van der Waals surface area (Å²) in [6.07, 6.45) is 9.22. The number of rotatable bonds is 8. The number of hydrogen-bond donors (Lipinski definition) is 0. The van der Waals surface area contributed by atoms with Gasteiger partial charge >= 0.3 is 0 Å². The van der Waals surface area contributed by atoms with Gasteiger partial charge in [-0.25, -0.2) is 4.68 Å². The molecule has 3 heterocycles. The van der Waals surface area contributed by atoms with Crippen LogP contribution in [0.25, 0.3) is 40.1 Å². The summed E-state index contributed by atoms with van der Waals surface area (Å²) in [4.78, 5) is 18.3. The minimum atomic E-state index is -0.214. The van der Waals surface area contributed by atoms with Crippen molar-refractivity contribution >= 4 is 34.5 Å². The molecule has 0 amide bonds. The topological polar surface area (TPSA) is 74.3 Å². The van der Waals surface area contributed by atoms with Crippen molar-refractivity contribution < 1.29 is 4.74 Å². The number of thiazole rings is 1. The molecule has 0 fully saturated rings. The third-order valence-electron chi connectivity index (χ3n) is 5.97. The van der Waals surface area contributed by atoms with Gasteiger partial charge in [-0.05, 0) is 54.1 Å². The second-order valence-corrected chi connectivity index (χ2v) is 9.67. The van der Waals surface area contributed by atoms with Crippen LogP contribution in [0.1, 0.15) is 17.0 Å². The SMILES string of the molecule is C=CCOc1ccc(-c2nn(-c3ccccc3)cc2C=c2sc3nc(C=Cc4ccccc4)nn3c2=O)cc1. The average Bonchev–Trinajstić information content (AvgIpc) is 3.67. The van der Waals surface area contributed by atoms with Crippen molar-refractivity contribution in [3.8, 4) is 22.7 Å². The molecule has 0 saturated heterocycles. The van der Waals surface area contributed by atoms with E-state index < -0.39 is 0 Å². The lowest BCUT2D eigenvalue weighted by atomic mass is 10.1. The summed E-state index contributed by atoms with van der Waals surface area (Å²) in [5, 5.41) is 9.27. The smallest absolute Gasteiger partial charge is 0.291 e. The first-order valence-corrected chi connectivity index (χ1v) is 13.1. The fraction of sp³-hybridized carbons (Fsp3) is 0.0323. The minimum Gasteiger partial charge on any atom is -0.490 e. The summed E-state index contributed by atoms with van der Waals surface area (Å²) < 4.78 is 9.33. The van der Waals surface area contributed by atoms with Crippen molar-refractivity contribution in [2.75, 3.05) is 6.61 Å². The molecule has 0 aliphatic carbocycles. The summed E-state index contributed by atoms with van der Waals surface area (Å²) in [5.41, 5.74) is 4.21. The van der Waals surface area contributed by atoms with E-state index in [1.54, 1.807) is 6.08 Å². The van der Waals surface area contributed by atoms with Crippen LogP contribution in [-0.4, -0.2) is 31.0 Å². The summed E-state index contributed by atoms with van der Waals surface area (Å²) in [6.45, 7) is 4.12. The van der Waals surface area contributed by atoms with E-state index in [9.17, 15) is 4.79 Å². The highest BCUT2D eigenvalue weighted by molar-refractivity contribution is 7.15. The van der Waals surface area contributed by atoms with Gasteiger partial charge in [-0.3, -0.25) is 4.79 Å². The van der Waals surface area contributed by atoms with E-state index in [1.807, 2.05) is 114 Å². The number of fused-ring (bicyclic) bond motifs is 1. The summed E-state index contributed by atoms with van der Waals surface area (Å²) in [6, 6.07) is 27.5. The van der Waals surface area contributed by atoms with E-state index in [-0.39, 0.29) is 5.56 Å². The normalized spacial score (nSPS) is 11.9. The third-order valence-corrected chi connectivity index (χ3v) is 6.93. The van der Waals surface area contributed by atoms with Gasteiger partial charge in [0.25, 0.3) is 5.56 Å². The quantitative estimate of drug-likeness (QED) is 0.251. The van der Waals surface area contributed by atoms with Crippen molar-refractivity contribution in [3.05, 3.63) is 136 Å². The van der Waals surface area contributed by atoms with Crippen LogP contribution in [0.4, 0.5) is 0 Å². The zero-order valence-electron chi connectivity index (χ0n) is 20.8. The number of benzene rings is 3. The molecule has 0 atom stereocenters. The first-order chi connectivity index (χ1) is 19.2. The van der Waals surface area contributed by atoms with Crippen LogP contribution in [0.5, 0.6) is 5.75 Å². The first-order valence-electron chi connectivity index (χ1n) is 12.3. The van der Waals surface area contributed by atoms with Gasteiger partial charge in [0, 0.05) is 17.3 Å². The predicted molar refractivity (Wildman–Crippen MR) is 156 cm³/mol. The van der Waals surface area contributed by atoms with Crippen LogP contribution in [0.3, 0.4) is 0 Å². The molecule has 190 valence electrons. The molecule has 0 unspecified atom stereocenters. The maximum Gasteiger partial charge on any atom is 0.291 e. The van der Waals surface area contributed by atoms with Crippen molar-refractivity contribution in [1.29, 1.82) is 0 Å². The number of ether oxygens (including phenoxy) is 1. The lowest BCUT2D eigenvalue weighted by molar-refractivity contribution is 0.363. The Hall–Kier alpha value is -5.08. The van der Waals surface area contributed by atoms with Crippen molar-refractivity contribution in [1.82, 2.24) is 24.4 Å². The van der Waals surface area contributed by atoms with Crippen LogP contribution in [-0.2, 0) is 0 Å². The molecule has 7 nitrogen and oxygen atoms in total. The Morgan fingerprint density at radius 2 is 1.64 bits per heavy atom. The van der Waals surface area contributed by atoms with E-state index >= 15 is 0 Å². The number of para-hydroxylation sites is 1. The Balaban J connectivity index is 1.39. The minimum absolute atomic E-state index is 0.214. The van der Waals surface area contributed by atoms with Crippen LogP contribution in [0, 0.1) is 0 Å². The van der Waals surface area contributed by atoms with Crippen LogP contribution >= 0.6 is 11.3 Å². The summed E-state index contributed by atoms with van der Waals surface area (Å²) >= 11 is 1.30. The molecule has 0 N–H and O–H groups in total. The lowest BCUT2D eigenvalue weighted by Gasteiger charge is -2.04. The molecular weight excluding hydrogens is 506 g/mol. The van der Waals surface area contributed by atoms with E-state index in [0.29, 0.717) is 21.9 Å². The maximum atomic E-state index is 13.3. The molecule has 0 bridgehead atoms. The molecule has 6 rings (SSSR count). The number of hydrogen-bond acceptors (Lipinski definition) is 6. The highest BCUT2D eigenvalue weighted by atomic mass is 32.1. The molecule has 39 heavy (non-hydrogen) atoms. The van der Waals surface area contributed by atoms with Crippen LogP contribution in [0.15, 0.2) is 109 Å². The molecule has 6 aromatic rings. The van der Waals surface area contributed by atoms with E-state index in [1.165, 1.54) is 15.9 Å². The molecule has 8 heteroatoms. The zero-order valence-corrected chi connectivity index (χ0v) is 21.7. The standard InChI is InChI=1S/C31H23N5O2S/c1-2-19-38-26-16-14-23(15-17-26)29-24(21-35(34-29)25-11-7-4-8-12-25)20-27-30(37)36-31(39-27)32-28(33-36)18-13-22-9-5-3-6-10-22/h2-18,20-21H,1,19H2. The fourth-order valence-corrected chi connectivity index (χ4v) is 5.00. The number of nitrogens with zero attached hydrogens (tertiary/aromatic N) is 5. The van der Waals surface area contributed by atoms with Crippen LogP contribution < -0.4 is 14.8 Å². The molecule has 0 aliphatic rings. The Bertz CT molecular complexity index is 1890. The monoisotopic (exact) mass is 529 g/mol. The molecule has 3 aromatic carbocycles. The molecular formula is C31H23N5O2S. The van der Waals surface area contributed by atoms with Gasteiger partial charge in [0.05, 0.1) is 10.2 Å². The predicted octanol–water partition coefficient (Wildman–Crippen LogP) is 5.29. The van der Waals surface area contributed by atoms with Crippen molar-refractivity contribution in [2.24, 2.45) is 0 Å². The fourth-order valence-electron chi connectivity index (χ4n) is 4.09. The van der Waals surface area contributed by atoms with E-state index in [0.717, 1.165) is 33.8 Å². The molecule has 0 saturated carbocycles. The average molecular weight is 530 g/mol. The van der Waals surface area contributed by atoms with Gasteiger partial charge in [0.1, 0.15) is 18.1 Å². The molecule has 3 aromatic heterocycles. The van der Waals surface area contributed by atoms with Crippen molar-refractivity contribution in [3.63, 3.8) is 0 Å². The van der Waals surface area contributed by atoms with Gasteiger partial charge < -0.3 is 4.74 Å². The molecule has 0 spiro atoms. The van der Waals surface area contributed by atoms with Crippen LogP contribution in [0.2, 0.25) is 0 Å². The summed E-state index contributed by atoms with van der Waals surface area (Å²) in [7, 11) is 0. The summed E-state index contributed by atoms with van der Waals surface area (Å²) in [5.74, 6) is 1.24.